The van der Waals surface area contributed by atoms with Gasteiger partial charge in [-0.1, -0.05) is 24.3 Å². The van der Waals surface area contributed by atoms with Gasteiger partial charge in [-0.2, -0.15) is 0 Å². The van der Waals surface area contributed by atoms with Gasteiger partial charge in [0.1, 0.15) is 17.4 Å². The van der Waals surface area contributed by atoms with Crippen LogP contribution < -0.4 is 4.90 Å². The van der Waals surface area contributed by atoms with Gasteiger partial charge in [0.05, 0.1) is 22.1 Å². The highest BCUT2D eigenvalue weighted by atomic mass is 16.3. The Bertz CT molecular complexity index is 1740. The molecular formula is C29H26N6O. The summed E-state index contributed by atoms with van der Waals surface area (Å²) in [6.45, 7) is 4.24. The van der Waals surface area contributed by atoms with Crippen LogP contribution in [0.5, 0.6) is 5.75 Å². The van der Waals surface area contributed by atoms with Gasteiger partial charge in [-0.3, -0.25) is 0 Å². The van der Waals surface area contributed by atoms with E-state index in [2.05, 4.69) is 57.1 Å². The van der Waals surface area contributed by atoms with Crippen molar-refractivity contribution in [1.29, 1.82) is 0 Å². The lowest BCUT2D eigenvalue weighted by Gasteiger charge is -2.34. The zero-order valence-electron chi connectivity index (χ0n) is 20.0. The number of phenols is 1. The molecule has 4 aromatic carbocycles. The summed E-state index contributed by atoms with van der Waals surface area (Å²) < 4.78 is 0. The third kappa shape index (κ3) is 3.48. The maximum Gasteiger partial charge on any atom is 0.139 e. The molecule has 0 bridgehead atoms. The molecule has 178 valence electrons. The maximum absolute atomic E-state index is 10.3. The third-order valence-electron chi connectivity index (χ3n) is 7.25. The van der Waals surface area contributed by atoms with E-state index in [1.807, 2.05) is 36.4 Å². The van der Waals surface area contributed by atoms with E-state index in [0.717, 1.165) is 81.8 Å². The molecule has 7 heteroatoms. The molecule has 2 aromatic heterocycles. The topological polar surface area (TPSA) is 84.1 Å². The molecule has 0 amide bonds. The Morgan fingerprint density at radius 3 is 2.25 bits per heavy atom. The number of anilines is 1. The molecule has 0 unspecified atom stereocenters. The van der Waals surface area contributed by atoms with Gasteiger partial charge in [-0.05, 0) is 61.0 Å². The number of nitrogens with zero attached hydrogens (tertiary/aromatic N) is 4. The van der Waals surface area contributed by atoms with Gasteiger partial charge in [0, 0.05) is 48.4 Å². The van der Waals surface area contributed by atoms with E-state index in [0.29, 0.717) is 0 Å². The van der Waals surface area contributed by atoms with Crippen molar-refractivity contribution in [2.75, 3.05) is 38.1 Å². The van der Waals surface area contributed by atoms with Crippen molar-refractivity contribution in [2.24, 2.45) is 0 Å². The molecule has 0 spiro atoms. The molecule has 6 aromatic rings. The number of aromatic hydroxyl groups is 1. The molecule has 1 saturated heterocycles. The number of H-pyrrole nitrogens is 2. The van der Waals surface area contributed by atoms with E-state index in [1.165, 1.54) is 5.69 Å². The van der Waals surface area contributed by atoms with Crippen LogP contribution in [0.25, 0.3) is 55.6 Å². The molecule has 0 aliphatic carbocycles. The number of rotatable bonds is 3. The number of likely N-dealkylation sites (N-methyl/N-ethyl adjacent to an activating group) is 1. The molecule has 0 saturated carbocycles. The molecule has 1 aliphatic rings. The van der Waals surface area contributed by atoms with Crippen LogP contribution in [0.3, 0.4) is 0 Å². The standard InChI is InChI=1S/C29H26N6O/c1-34-12-14-35(15-13-34)19-7-10-24-26(17-19)32-28(30-24)18-6-9-23-25(16-18)33-29(31-23)22-8-11-27(36)21-5-3-2-4-20(21)22/h2-11,16-17,36H,12-15H2,1H3,(H,30,32)(H,31,33). The van der Waals surface area contributed by atoms with Crippen LogP contribution in [0, 0.1) is 0 Å². The molecule has 1 fully saturated rings. The minimum atomic E-state index is 0.272. The van der Waals surface area contributed by atoms with Crippen molar-refractivity contribution in [3.8, 4) is 28.5 Å². The van der Waals surface area contributed by atoms with E-state index in [9.17, 15) is 5.11 Å². The molecule has 0 radical (unpaired) electrons. The van der Waals surface area contributed by atoms with Crippen molar-refractivity contribution < 1.29 is 5.11 Å². The van der Waals surface area contributed by atoms with Gasteiger partial charge in [-0.25, -0.2) is 9.97 Å². The first kappa shape index (κ1) is 21.0. The number of aromatic amines is 2. The highest BCUT2D eigenvalue weighted by molar-refractivity contribution is 6.00. The number of aromatic nitrogens is 4. The first-order chi connectivity index (χ1) is 17.6. The third-order valence-corrected chi connectivity index (χ3v) is 7.25. The molecule has 36 heavy (non-hydrogen) atoms. The Hall–Kier alpha value is -4.36. The predicted octanol–water partition coefficient (Wildman–Crippen LogP) is 5.38. The summed E-state index contributed by atoms with van der Waals surface area (Å²) in [5, 5.41) is 12.0. The minimum absolute atomic E-state index is 0.272. The van der Waals surface area contributed by atoms with Gasteiger partial charge in [0.2, 0.25) is 0 Å². The van der Waals surface area contributed by atoms with Crippen LogP contribution in [0.1, 0.15) is 0 Å². The molecule has 7 nitrogen and oxygen atoms in total. The average molecular weight is 475 g/mol. The highest BCUT2D eigenvalue weighted by Crippen LogP contribution is 2.34. The number of piperazine rings is 1. The smallest absolute Gasteiger partial charge is 0.139 e. The van der Waals surface area contributed by atoms with Crippen molar-refractivity contribution in [3.05, 3.63) is 72.8 Å². The SMILES string of the molecule is CN1CCN(c2ccc3nc(-c4ccc5nc(-c6ccc(O)c7ccccc67)[nH]c5c4)[nH]c3c2)CC1. The lowest BCUT2D eigenvalue weighted by molar-refractivity contribution is 0.313. The van der Waals surface area contributed by atoms with E-state index >= 15 is 0 Å². The van der Waals surface area contributed by atoms with Gasteiger partial charge < -0.3 is 24.9 Å². The van der Waals surface area contributed by atoms with Crippen LogP contribution in [0.4, 0.5) is 5.69 Å². The monoisotopic (exact) mass is 474 g/mol. The molecule has 7 rings (SSSR count). The fourth-order valence-corrected chi connectivity index (χ4v) is 5.17. The van der Waals surface area contributed by atoms with E-state index in [-0.39, 0.29) is 5.75 Å². The van der Waals surface area contributed by atoms with Gasteiger partial charge in [0.15, 0.2) is 0 Å². The summed E-state index contributed by atoms with van der Waals surface area (Å²) in [5.74, 6) is 1.89. The molecule has 0 atom stereocenters. The summed E-state index contributed by atoms with van der Waals surface area (Å²) in [5.41, 5.74) is 7.04. The Morgan fingerprint density at radius 2 is 1.42 bits per heavy atom. The van der Waals surface area contributed by atoms with Gasteiger partial charge in [0.25, 0.3) is 0 Å². The number of nitrogens with one attached hydrogen (secondary N) is 2. The largest absolute Gasteiger partial charge is 0.507 e. The molecule has 3 heterocycles. The quantitative estimate of drug-likeness (QED) is 0.321. The number of hydrogen-bond acceptors (Lipinski definition) is 5. The van der Waals surface area contributed by atoms with Crippen molar-refractivity contribution >= 4 is 38.5 Å². The maximum atomic E-state index is 10.3. The van der Waals surface area contributed by atoms with Crippen LogP contribution in [0.2, 0.25) is 0 Å². The fraction of sp³-hybridized carbons (Fsp3) is 0.172. The predicted molar refractivity (Wildman–Crippen MR) is 145 cm³/mol. The van der Waals surface area contributed by atoms with E-state index in [4.69, 9.17) is 9.97 Å². The summed E-state index contributed by atoms with van der Waals surface area (Å²) in [6.07, 6.45) is 0. The fourth-order valence-electron chi connectivity index (χ4n) is 5.17. The Balaban J connectivity index is 1.24. The van der Waals surface area contributed by atoms with Crippen molar-refractivity contribution in [2.45, 2.75) is 0 Å². The van der Waals surface area contributed by atoms with Crippen LogP contribution in [-0.4, -0.2) is 63.2 Å². The van der Waals surface area contributed by atoms with E-state index < -0.39 is 0 Å². The average Bonchev–Trinajstić information content (AvgIpc) is 3.53. The second kappa shape index (κ2) is 8.10. The lowest BCUT2D eigenvalue weighted by atomic mass is 10.0. The van der Waals surface area contributed by atoms with Crippen molar-refractivity contribution in [3.63, 3.8) is 0 Å². The zero-order chi connectivity index (χ0) is 24.2. The number of imidazole rings is 2. The van der Waals surface area contributed by atoms with Crippen LogP contribution in [-0.2, 0) is 0 Å². The zero-order valence-corrected chi connectivity index (χ0v) is 20.0. The number of hydrogen-bond donors (Lipinski definition) is 3. The summed E-state index contributed by atoms with van der Waals surface area (Å²) >= 11 is 0. The normalized spacial score (nSPS) is 14.9. The molecule has 3 N–H and O–H groups in total. The van der Waals surface area contributed by atoms with Gasteiger partial charge in [-0.15, -0.1) is 0 Å². The van der Waals surface area contributed by atoms with Crippen LogP contribution in [0.15, 0.2) is 72.8 Å². The summed E-state index contributed by atoms with van der Waals surface area (Å²) in [6, 6.07) is 24.1. The number of phenolic OH excluding ortho intramolecular Hbond substituents is 1. The second-order valence-electron chi connectivity index (χ2n) is 9.57. The Kier molecular flexibility index (Phi) is 4.72. The number of benzene rings is 4. The Labute approximate surface area is 208 Å². The molecular weight excluding hydrogens is 448 g/mol. The van der Waals surface area contributed by atoms with E-state index in [1.54, 1.807) is 6.07 Å². The van der Waals surface area contributed by atoms with Gasteiger partial charge >= 0.3 is 0 Å². The Morgan fingerprint density at radius 1 is 0.722 bits per heavy atom. The number of fused-ring (bicyclic) bond motifs is 3. The summed E-state index contributed by atoms with van der Waals surface area (Å²) in [7, 11) is 2.17. The lowest BCUT2D eigenvalue weighted by Crippen LogP contribution is -2.44. The highest BCUT2D eigenvalue weighted by Gasteiger charge is 2.16. The first-order valence-electron chi connectivity index (χ1n) is 12.3. The van der Waals surface area contributed by atoms with Crippen molar-refractivity contribution in [1.82, 2.24) is 24.8 Å². The minimum Gasteiger partial charge on any atom is -0.507 e. The molecule has 1 aliphatic heterocycles. The summed E-state index contributed by atoms with van der Waals surface area (Å²) in [4.78, 5) is 21.5. The first-order valence-corrected chi connectivity index (χ1v) is 12.3. The van der Waals surface area contributed by atoms with Crippen LogP contribution >= 0.6 is 0 Å². The second-order valence-corrected chi connectivity index (χ2v) is 9.57.